The fourth-order valence-electron chi connectivity index (χ4n) is 2.36. The molecule has 0 heterocycles. The van der Waals surface area contributed by atoms with Crippen molar-refractivity contribution in [2.24, 2.45) is 11.5 Å². The summed E-state index contributed by atoms with van der Waals surface area (Å²) in [6.07, 6.45) is 0.258. The van der Waals surface area contributed by atoms with Gasteiger partial charge in [0.1, 0.15) is 11.5 Å². The van der Waals surface area contributed by atoms with Gasteiger partial charge in [0.25, 0.3) is 0 Å². The minimum Gasteiger partial charge on any atom is -0.508 e. The first-order valence-electron chi connectivity index (χ1n) is 6.57. The van der Waals surface area contributed by atoms with Crippen LogP contribution in [0.3, 0.4) is 0 Å². The Morgan fingerprint density at radius 3 is 1.22 bits per heavy atom. The van der Waals surface area contributed by atoms with Gasteiger partial charge in [-0.25, -0.2) is 0 Å². The summed E-state index contributed by atoms with van der Waals surface area (Å²) in [6, 6.07) is 4.24. The molecule has 124 valence electrons. The van der Waals surface area contributed by atoms with E-state index in [4.69, 9.17) is 57.9 Å². The standard InChI is InChI=1S/C15H14Cl4N2O2/c16-8-1-6(22)2-9(17)14(8)12(20)5-13(21)15-10(18)3-7(23)4-11(15)19/h1-4,12-13,22-23H,5,20-21H2. The fraction of sp³-hybridized carbons (Fsp3) is 0.200. The van der Waals surface area contributed by atoms with Gasteiger partial charge in [-0.3, -0.25) is 0 Å². The summed E-state index contributed by atoms with van der Waals surface area (Å²) in [4.78, 5) is 0. The van der Waals surface area contributed by atoms with E-state index in [1.54, 1.807) is 0 Å². The summed E-state index contributed by atoms with van der Waals surface area (Å²) < 4.78 is 0. The van der Waals surface area contributed by atoms with Crippen molar-refractivity contribution in [2.75, 3.05) is 0 Å². The van der Waals surface area contributed by atoms with Crippen molar-refractivity contribution in [3.05, 3.63) is 55.5 Å². The number of phenols is 2. The van der Waals surface area contributed by atoms with Gasteiger partial charge in [-0.2, -0.15) is 0 Å². The van der Waals surface area contributed by atoms with E-state index >= 15 is 0 Å². The van der Waals surface area contributed by atoms with E-state index in [0.29, 0.717) is 11.1 Å². The van der Waals surface area contributed by atoms with E-state index in [2.05, 4.69) is 0 Å². The minimum absolute atomic E-state index is 0.0510. The third kappa shape index (κ3) is 4.15. The molecule has 8 heteroatoms. The minimum atomic E-state index is -0.591. The van der Waals surface area contributed by atoms with Gasteiger partial charge in [-0.15, -0.1) is 0 Å². The van der Waals surface area contributed by atoms with Crippen LogP contribution in [0.15, 0.2) is 24.3 Å². The van der Waals surface area contributed by atoms with E-state index in [1.165, 1.54) is 24.3 Å². The second kappa shape index (κ2) is 7.34. The first kappa shape index (κ1) is 18.5. The van der Waals surface area contributed by atoms with E-state index in [0.717, 1.165) is 0 Å². The van der Waals surface area contributed by atoms with Crippen LogP contribution >= 0.6 is 46.4 Å². The molecule has 0 bridgehead atoms. The lowest BCUT2D eigenvalue weighted by Gasteiger charge is -2.21. The number of halogens is 4. The summed E-state index contributed by atoms with van der Waals surface area (Å²) in [5.41, 5.74) is 13.3. The lowest BCUT2D eigenvalue weighted by molar-refractivity contribution is 0.474. The molecule has 2 atom stereocenters. The Morgan fingerprint density at radius 2 is 0.957 bits per heavy atom. The van der Waals surface area contributed by atoms with Gasteiger partial charge in [0, 0.05) is 23.2 Å². The van der Waals surface area contributed by atoms with Gasteiger partial charge >= 0.3 is 0 Å². The zero-order valence-corrected chi connectivity index (χ0v) is 14.8. The molecular formula is C15H14Cl4N2O2. The normalized spacial score (nSPS) is 13.8. The molecular weight excluding hydrogens is 382 g/mol. The zero-order valence-electron chi connectivity index (χ0n) is 11.7. The van der Waals surface area contributed by atoms with Gasteiger partial charge in [-0.1, -0.05) is 46.4 Å². The Labute approximate surface area is 153 Å². The van der Waals surface area contributed by atoms with Crippen LogP contribution in [0.2, 0.25) is 20.1 Å². The van der Waals surface area contributed by atoms with Crippen LogP contribution in [-0.4, -0.2) is 10.2 Å². The largest absolute Gasteiger partial charge is 0.508 e. The van der Waals surface area contributed by atoms with Crippen molar-refractivity contribution in [1.29, 1.82) is 0 Å². The molecule has 0 spiro atoms. The molecule has 0 aliphatic heterocycles. The maximum atomic E-state index is 9.47. The van der Waals surface area contributed by atoms with Gasteiger partial charge in [-0.05, 0) is 30.7 Å². The first-order valence-corrected chi connectivity index (χ1v) is 8.08. The van der Waals surface area contributed by atoms with Crippen LogP contribution in [-0.2, 0) is 0 Å². The summed E-state index contributed by atoms with van der Waals surface area (Å²) in [5, 5.41) is 19.9. The Kier molecular flexibility index (Phi) is 5.89. The summed E-state index contributed by atoms with van der Waals surface area (Å²) >= 11 is 24.4. The SMILES string of the molecule is NC(CC(N)c1c(Cl)cc(O)cc1Cl)c1c(Cl)cc(O)cc1Cl. The first-order chi connectivity index (χ1) is 10.7. The number of rotatable bonds is 4. The summed E-state index contributed by atoms with van der Waals surface area (Å²) in [7, 11) is 0. The topological polar surface area (TPSA) is 92.5 Å². The summed E-state index contributed by atoms with van der Waals surface area (Å²) in [6.45, 7) is 0. The average molecular weight is 396 g/mol. The molecule has 0 saturated carbocycles. The molecule has 0 amide bonds. The zero-order chi connectivity index (χ0) is 17.3. The lowest BCUT2D eigenvalue weighted by Crippen LogP contribution is -2.21. The van der Waals surface area contributed by atoms with Gasteiger partial charge in [0.2, 0.25) is 0 Å². The van der Waals surface area contributed by atoms with Crippen molar-refractivity contribution in [1.82, 2.24) is 0 Å². The van der Waals surface area contributed by atoms with E-state index in [9.17, 15) is 10.2 Å². The highest BCUT2D eigenvalue weighted by molar-refractivity contribution is 6.37. The van der Waals surface area contributed by atoms with Crippen LogP contribution in [0.1, 0.15) is 29.6 Å². The van der Waals surface area contributed by atoms with Crippen LogP contribution in [0.4, 0.5) is 0 Å². The predicted octanol–water partition coefficient (Wildman–Crippen LogP) is 4.80. The molecule has 2 aromatic rings. The second-order valence-electron chi connectivity index (χ2n) is 5.09. The quantitative estimate of drug-likeness (QED) is 0.598. The monoisotopic (exact) mass is 394 g/mol. The van der Waals surface area contributed by atoms with Crippen LogP contribution < -0.4 is 11.5 Å². The Balaban J connectivity index is 2.29. The Hall–Kier alpha value is -0.880. The highest BCUT2D eigenvalue weighted by atomic mass is 35.5. The number of hydrogen-bond acceptors (Lipinski definition) is 4. The van der Waals surface area contributed by atoms with E-state index < -0.39 is 12.1 Å². The predicted molar refractivity (Wildman–Crippen MR) is 94.7 cm³/mol. The molecule has 0 fully saturated rings. The number of hydrogen-bond donors (Lipinski definition) is 4. The molecule has 4 nitrogen and oxygen atoms in total. The fourth-order valence-corrected chi connectivity index (χ4v) is 3.87. The molecule has 2 unspecified atom stereocenters. The van der Waals surface area contributed by atoms with Crippen molar-refractivity contribution < 1.29 is 10.2 Å². The number of phenolic OH excluding ortho intramolecular Hbond substituents is 2. The maximum absolute atomic E-state index is 9.47. The molecule has 0 aromatic heterocycles. The van der Waals surface area contributed by atoms with Crippen molar-refractivity contribution in [3.8, 4) is 11.5 Å². The smallest absolute Gasteiger partial charge is 0.118 e. The van der Waals surface area contributed by atoms with Crippen LogP contribution in [0.25, 0.3) is 0 Å². The maximum Gasteiger partial charge on any atom is 0.118 e. The Bertz CT molecular complexity index is 632. The second-order valence-corrected chi connectivity index (χ2v) is 6.72. The molecule has 2 rings (SSSR count). The third-order valence-corrected chi connectivity index (χ3v) is 4.63. The molecule has 0 aliphatic carbocycles. The third-order valence-electron chi connectivity index (χ3n) is 3.38. The average Bonchev–Trinajstić information content (AvgIpc) is 2.35. The van der Waals surface area contributed by atoms with Crippen molar-refractivity contribution in [2.45, 2.75) is 18.5 Å². The highest BCUT2D eigenvalue weighted by Crippen LogP contribution is 2.39. The molecule has 0 radical (unpaired) electrons. The summed E-state index contributed by atoms with van der Waals surface area (Å²) in [5.74, 6) is -0.102. The van der Waals surface area contributed by atoms with Crippen molar-refractivity contribution in [3.63, 3.8) is 0 Å². The molecule has 6 N–H and O–H groups in total. The van der Waals surface area contributed by atoms with Crippen molar-refractivity contribution >= 4 is 46.4 Å². The van der Waals surface area contributed by atoms with Gasteiger partial charge in [0.05, 0.1) is 20.1 Å². The number of nitrogens with two attached hydrogens (primary N) is 2. The lowest BCUT2D eigenvalue weighted by atomic mass is 9.95. The van der Waals surface area contributed by atoms with Crippen LogP contribution in [0.5, 0.6) is 11.5 Å². The Morgan fingerprint density at radius 1 is 0.696 bits per heavy atom. The molecule has 23 heavy (non-hydrogen) atoms. The molecule has 0 saturated heterocycles. The van der Waals surface area contributed by atoms with E-state index in [-0.39, 0.29) is 38.0 Å². The van der Waals surface area contributed by atoms with Crippen LogP contribution in [0, 0.1) is 0 Å². The van der Waals surface area contributed by atoms with Gasteiger partial charge < -0.3 is 21.7 Å². The number of benzene rings is 2. The molecule has 2 aromatic carbocycles. The highest BCUT2D eigenvalue weighted by Gasteiger charge is 2.22. The van der Waals surface area contributed by atoms with Gasteiger partial charge in [0.15, 0.2) is 0 Å². The molecule has 0 aliphatic rings. The number of aromatic hydroxyl groups is 2. The van der Waals surface area contributed by atoms with E-state index in [1.807, 2.05) is 0 Å².